The maximum Gasteiger partial charge on any atom is 0.271 e. The van der Waals surface area contributed by atoms with E-state index >= 15 is 0 Å². The Balaban J connectivity index is 1.65. The lowest BCUT2D eigenvalue weighted by molar-refractivity contribution is -0.0740. The van der Waals surface area contributed by atoms with Gasteiger partial charge in [0, 0.05) is 31.5 Å². The summed E-state index contributed by atoms with van der Waals surface area (Å²) in [6, 6.07) is 1.61. The molecule has 0 saturated carbocycles. The maximum atomic E-state index is 12.4. The van der Waals surface area contributed by atoms with Crippen molar-refractivity contribution in [2.75, 3.05) is 6.54 Å². The molecule has 23 heavy (non-hydrogen) atoms. The molecule has 6 heteroatoms. The van der Waals surface area contributed by atoms with Gasteiger partial charge in [0.25, 0.3) is 5.91 Å². The van der Waals surface area contributed by atoms with E-state index in [9.17, 15) is 9.59 Å². The minimum absolute atomic E-state index is 0.0647. The quantitative estimate of drug-likeness (QED) is 0.927. The Morgan fingerprint density at radius 1 is 1.43 bits per heavy atom. The van der Waals surface area contributed by atoms with Crippen molar-refractivity contribution >= 4 is 11.7 Å². The molecular formula is C17H25N3O3. The Bertz CT molecular complexity index is 646. The molecule has 3 rings (SSSR count). The second-order valence-corrected chi connectivity index (χ2v) is 7.74. The Morgan fingerprint density at radius 2 is 2.17 bits per heavy atom. The minimum Gasteiger partial charge on any atom is -0.369 e. The molecule has 1 fully saturated rings. The molecule has 0 bridgehead atoms. The molecule has 6 nitrogen and oxygen atoms in total. The third-order valence-corrected chi connectivity index (χ3v) is 4.84. The van der Waals surface area contributed by atoms with Gasteiger partial charge in [0.2, 0.25) is 0 Å². The van der Waals surface area contributed by atoms with Crippen molar-refractivity contribution in [2.24, 2.45) is 5.92 Å². The number of amides is 1. The molecule has 0 spiro atoms. The van der Waals surface area contributed by atoms with Gasteiger partial charge in [-0.3, -0.25) is 14.3 Å². The van der Waals surface area contributed by atoms with Crippen LogP contribution in [0.15, 0.2) is 6.07 Å². The second-order valence-electron chi connectivity index (χ2n) is 7.74. The van der Waals surface area contributed by atoms with Crippen molar-refractivity contribution in [1.82, 2.24) is 15.1 Å². The Labute approximate surface area is 136 Å². The van der Waals surface area contributed by atoms with Gasteiger partial charge in [-0.25, -0.2) is 0 Å². The van der Waals surface area contributed by atoms with E-state index in [1.54, 1.807) is 10.7 Å². The number of aryl methyl sites for hydroxylation is 1. The zero-order chi connectivity index (χ0) is 16.8. The fourth-order valence-corrected chi connectivity index (χ4v) is 3.74. The van der Waals surface area contributed by atoms with Crippen LogP contribution in [0.4, 0.5) is 0 Å². The fraction of sp³-hybridized carbons (Fsp3) is 0.706. The maximum absolute atomic E-state index is 12.4. The van der Waals surface area contributed by atoms with Crippen LogP contribution in [-0.2, 0) is 11.3 Å². The monoisotopic (exact) mass is 319 g/mol. The number of hydrogen-bond donors (Lipinski definition) is 1. The molecule has 1 aromatic heterocycles. The molecule has 126 valence electrons. The van der Waals surface area contributed by atoms with Crippen LogP contribution in [0, 0.1) is 5.92 Å². The van der Waals surface area contributed by atoms with Crippen LogP contribution in [0.5, 0.6) is 0 Å². The average molecular weight is 319 g/mol. The van der Waals surface area contributed by atoms with Crippen LogP contribution >= 0.6 is 0 Å². The van der Waals surface area contributed by atoms with E-state index in [0.29, 0.717) is 30.9 Å². The number of aromatic nitrogens is 2. The second kappa shape index (κ2) is 5.44. The summed E-state index contributed by atoms with van der Waals surface area (Å²) in [6.45, 7) is 9.52. The fourth-order valence-electron chi connectivity index (χ4n) is 3.74. The highest BCUT2D eigenvalue weighted by Gasteiger charge is 2.45. The van der Waals surface area contributed by atoms with E-state index < -0.39 is 0 Å². The minimum atomic E-state index is -0.264. The van der Waals surface area contributed by atoms with Gasteiger partial charge in [-0.05, 0) is 40.5 Å². The smallest absolute Gasteiger partial charge is 0.271 e. The molecule has 2 aliphatic heterocycles. The first-order valence-electron chi connectivity index (χ1n) is 8.27. The van der Waals surface area contributed by atoms with Gasteiger partial charge < -0.3 is 10.1 Å². The topological polar surface area (TPSA) is 73.2 Å². The summed E-state index contributed by atoms with van der Waals surface area (Å²) in [7, 11) is 0. The van der Waals surface area contributed by atoms with Crippen LogP contribution in [0.1, 0.15) is 67.9 Å². The van der Waals surface area contributed by atoms with Gasteiger partial charge in [-0.15, -0.1) is 0 Å². The zero-order valence-corrected chi connectivity index (χ0v) is 14.3. The Hall–Kier alpha value is -1.69. The summed E-state index contributed by atoms with van der Waals surface area (Å²) in [5.41, 5.74) is 0.442. The third kappa shape index (κ3) is 3.17. The summed E-state index contributed by atoms with van der Waals surface area (Å²) < 4.78 is 7.70. The molecule has 0 aliphatic carbocycles. The van der Waals surface area contributed by atoms with E-state index in [0.717, 1.165) is 12.8 Å². The predicted octanol–water partition coefficient (Wildman–Crippen LogP) is 2.18. The largest absolute Gasteiger partial charge is 0.369 e. The number of nitrogens with zero attached hydrogens (tertiary/aromatic N) is 2. The number of Topliss-reactive ketones (excluding diaryl/α,β-unsaturated/α-hetero) is 1. The summed E-state index contributed by atoms with van der Waals surface area (Å²) >= 11 is 0. The molecule has 3 heterocycles. The summed E-state index contributed by atoms with van der Waals surface area (Å²) in [6.07, 6.45) is 2.23. The SMILES string of the molecule is CC1(C)CC(CNC(=O)c2cc3n(n2)CCCC3=O)C(C)(C)O1. The van der Waals surface area contributed by atoms with E-state index in [1.165, 1.54) is 0 Å². The van der Waals surface area contributed by atoms with E-state index in [-0.39, 0.29) is 28.8 Å². The van der Waals surface area contributed by atoms with E-state index in [2.05, 4.69) is 38.1 Å². The van der Waals surface area contributed by atoms with Crippen molar-refractivity contribution < 1.29 is 14.3 Å². The first kappa shape index (κ1) is 16.2. The number of ketones is 1. The molecule has 1 amide bonds. The van der Waals surface area contributed by atoms with Crippen molar-refractivity contribution in [3.8, 4) is 0 Å². The number of rotatable bonds is 3. The lowest BCUT2D eigenvalue weighted by atomic mass is 9.87. The molecule has 1 unspecified atom stereocenters. The van der Waals surface area contributed by atoms with E-state index in [4.69, 9.17) is 4.74 Å². The number of hydrogen-bond acceptors (Lipinski definition) is 4. The average Bonchev–Trinajstić information content (AvgIpc) is 2.95. The van der Waals surface area contributed by atoms with Crippen LogP contribution in [0.2, 0.25) is 0 Å². The first-order valence-corrected chi connectivity index (χ1v) is 8.27. The standard InChI is InChI=1S/C17H25N3O3/c1-16(2)9-11(17(3,4)23-16)10-18-15(22)12-8-13-14(21)6-5-7-20(13)19-12/h8,11H,5-7,9-10H2,1-4H3,(H,18,22). The zero-order valence-electron chi connectivity index (χ0n) is 14.3. The normalized spacial score (nSPS) is 25.2. The molecule has 0 radical (unpaired) electrons. The number of ether oxygens (including phenoxy) is 1. The third-order valence-electron chi connectivity index (χ3n) is 4.84. The van der Waals surface area contributed by atoms with Gasteiger partial charge in [-0.1, -0.05) is 0 Å². The summed E-state index contributed by atoms with van der Waals surface area (Å²) in [4.78, 5) is 24.2. The molecule has 2 aliphatic rings. The van der Waals surface area contributed by atoms with Gasteiger partial charge in [0.1, 0.15) is 5.69 Å². The molecule has 1 aromatic rings. The number of carbonyl (C=O) groups is 2. The van der Waals surface area contributed by atoms with Crippen LogP contribution in [0.3, 0.4) is 0 Å². The highest BCUT2D eigenvalue weighted by molar-refractivity contribution is 5.99. The van der Waals surface area contributed by atoms with Crippen LogP contribution in [0.25, 0.3) is 0 Å². The lowest BCUT2D eigenvalue weighted by Gasteiger charge is -2.27. The highest BCUT2D eigenvalue weighted by Crippen LogP contribution is 2.41. The molecule has 1 N–H and O–H groups in total. The molecular weight excluding hydrogens is 294 g/mol. The van der Waals surface area contributed by atoms with E-state index in [1.807, 2.05) is 0 Å². The van der Waals surface area contributed by atoms with Crippen LogP contribution in [-0.4, -0.2) is 39.2 Å². The highest BCUT2D eigenvalue weighted by atomic mass is 16.5. The Morgan fingerprint density at radius 3 is 2.78 bits per heavy atom. The van der Waals surface area contributed by atoms with Crippen molar-refractivity contribution in [1.29, 1.82) is 0 Å². The number of fused-ring (bicyclic) bond motifs is 1. The molecule has 1 saturated heterocycles. The van der Waals surface area contributed by atoms with Gasteiger partial charge >= 0.3 is 0 Å². The molecule has 1 atom stereocenters. The van der Waals surface area contributed by atoms with Crippen LogP contribution < -0.4 is 5.32 Å². The Kier molecular flexibility index (Phi) is 3.83. The predicted molar refractivity (Wildman–Crippen MR) is 85.5 cm³/mol. The number of carbonyl (C=O) groups excluding carboxylic acids is 2. The first-order chi connectivity index (χ1) is 10.7. The van der Waals surface area contributed by atoms with Gasteiger partial charge in [0.05, 0.1) is 11.2 Å². The van der Waals surface area contributed by atoms with Crippen molar-refractivity contribution in [3.63, 3.8) is 0 Å². The molecule has 0 aromatic carbocycles. The summed E-state index contributed by atoms with van der Waals surface area (Å²) in [5, 5.41) is 7.22. The number of nitrogens with one attached hydrogen (secondary N) is 1. The van der Waals surface area contributed by atoms with Crippen molar-refractivity contribution in [3.05, 3.63) is 17.5 Å². The van der Waals surface area contributed by atoms with Gasteiger partial charge in [0.15, 0.2) is 11.5 Å². The lowest BCUT2D eigenvalue weighted by Crippen LogP contribution is -2.38. The summed E-state index contributed by atoms with van der Waals surface area (Å²) in [5.74, 6) is 0.0930. The van der Waals surface area contributed by atoms with Gasteiger partial charge in [-0.2, -0.15) is 5.10 Å². The van der Waals surface area contributed by atoms with Crippen molar-refractivity contribution in [2.45, 2.75) is 64.7 Å².